The van der Waals surface area contributed by atoms with E-state index < -0.39 is 11.7 Å². The van der Waals surface area contributed by atoms with E-state index in [1.807, 2.05) is 0 Å². The van der Waals surface area contributed by atoms with Crippen molar-refractivity contribution in [2.24, 2.45) is 0 Å². The summed E-state index contributed by atoms with van der Waals surface area (Å²) >= 11 is 8.83. The van der Waals surface area contributed by atoms with E-state index in [4.69, 9.17) is 11.6 Å². The SMILES string of the molecule is Cc1nnc(Cl)n1-c1cc(Br)cc(C(F)(F)F)c1. The van der Waals surface area contributed by atoms with Crippen LogP contribution in [0.25, 0.3) is 5.69 Å². The van der Waals surface area contributed by atoms with E-state index in [0.717, 1.165) is 12.1 Å². The number of hydrogen-bond donors (Lipinski definition) is 0. The largest absolute Gasteiger partial charge is 0.416 e. The van der Waals surface area contributed by atoms with Gasteiger partial charge in [-0.3, -0.25) is 4.57 Å². The molecule has 8 heteroatoms. The van der Waals surface area contributed by atoms with E-state index in [9.17, 15) is 13.2 Å². The number of hydrogen-bond acceptors (Lipinski definition) is 2. The van der Waals surface area contributed by atoms with Gasteiger partial charge in [-0.2, -0.15) is 13.2 Å². The van der Waals surface area contributed by atoms with Crippen LogP contribution in [0.4, 0.5) is 13.2 Å². The molecule has 0 aliphatic carbocycles. The van der Waals surface area contributed by atoms with Crippen molar-refractivity contribution in [3.8, 4) is 5.69 Å². The van der Waals surface area contributed by atoms with Crippen LogP contribution in [0.1, 0.15) is 11.4 Å². The van der Waals surface area contributed by atoms with Gasteiger partial charge in [0, 0.05) is 4.47 Å². The maximum Gasteiger partial charge on any atom is 0.416 e. The average molecular weight is 341 g/mol. The van der Waals surface area contributed by atoms with E-state index in [1.54, 1.807) is 6.92 Å². The molecule has 0 amide bonds. The van der Waals surface area contributed by atoms with E-state index >= 15 is 0 Å². The summed E-state index contributed by atoms with van der Waals surface area (Å²) in [4.78, 5) is 0. The van der Waals surface area contributed by atoms with Crippen molar-refractivity contribution in [3.63, 3.8) is 0 Å². The molecule has 0 saturated carbocycles. The molecule has 0 radical (unpaired) electrons. The van der Waals surface area contributed by atoms with Crippen molar-refractivity contribution >= 4 is 27.5 Å². The van der Waals surface area contributed by atoms with E-state index in [0.29, 0.717) is 10.3 Å². The highest BCUT2D eigenvalue weighted by Crippen LogP contribution is 2.33. The molecule has 1 aromatic carbocycles. The summed E-state index contributed by atoms with van der Waals surface area (Å²) in [5.41, 5.74) is -0.514. The minimum atomic E-state index is -4.42. The zero-order valence-electron chi connectivity index (χ0n) is 8.96. The number of rotatable bonds is 1. The Morgan fingerprint density at radius 1 is 1.22 bits per heavy atom. The van der Waals surface area contributed by atoms with Crippen molar-refractivity contribution < 1.29 is 13.2 Å². The van der Waals surface area contributed by atoms with Crippen LogP contribution in [0, 0.1) is 6.92 Å². The summed E-state index contributed by atoms with van der Waals surface area (Å²) in [5.74, 6) is 0.409. The summed E-state index contributed by atoms with van der Waals surface area (Å²) in [7, 11) is 0. The molecule has 18 heavy (non-hydrogen) atoms. The summed E-state index contributed by atoms with van der Waals surface area (Å²) in [5, 5.41) is 7.31. The van der Waals surface area contributed by atoms with Crippen LogP contribution in [-0.4, -0.2) is 14.8 Å². The predicted octanol–water partition coefficient (Wildman–Crippen LogP) is 4.01. The second kappa shape index (κ2) is 4.55. The van der Waals surface area contributed by atoms with Gasteiger partial charge in [-0.05, 0) is 36.7 Å². The first-order valence-corrected chi connectivity index (χ1v) is 5.92. The van der Waals surface area contributed by atoms with Crippen molar-refractivity contribution in [1.82, 2.24) is 14.8 Å². The van der Waals surface area contributed by atoms with Crippen LogP contribution < -0.4 is 0 Å². The standard InChI is InChI=1S/C10H6BrClF3N3/c1-5-16-17-9(12)18(5)8-3-6(10(13,14)15)2-7(11)4-8/h2-4H,1H3. The summed E-state index contributed by atoms with van der Waals surface area (Å²) in [6, 6.07) is 3.50. The second-order valence-electron chi connectivity index (χ2n) is 3.55. The van der Waals surface area contributed by atoms with Crippen LogP contribution in [0.3, 0.4) is 0 Å². The summed E-state index contributed by atoms with van der Waals surface area (Å²) in [6.45, 7) is 1.60. The number of alkyl halides is 3. The highest BCUT2D eigenvalue weighted by molar-refractivity contribution is 9.10. The van der Waals surface area contributed by atoms with Gasteiger partial charge in [0.05, 0.1) is 11.3 Å². The average Bonchev–Trinajstić information content (AvgIpc) is 2.56. The fourth-order valence-electron chi connectivity index (χ4n) is 1.50. The van der Waals surface area contributed by atoms with Gasteiger partial charge in [0.1, 0.15) is 5.82 Å². The Kier molecular flexibility index (Phi) is 3.37. The monoisotopic (exact) mass is 339 g/mol. The molecule has 3 nitrogen and oxygen atoms in total. The molecular weight excluding hydrogens is 334 g/mol. The lowest BCUT2D eigenvalue weighted by molar-refractivity contribution is -0.137. The quantitative estimate of drug-likeness (QED) is 0.785. The van der Waals surface area contributed by atoms with Gasteiger partial charge in [-0.25, -0.2) is 0 Å². The van der Waals surface area contributed by atoms with E-state index in [2.05, 4.69) is 26.1 Å². The molecule has 2 rings (SSSR count). The molecule has 0 N–H and O–H groups in total. The maximum atomic E-state index is 12.7. The van der Waals surface area contributed by atoms with Gasteiger partial charge in [-0.1, -0.05) is 15.9 Å². The van der Waals surface area contributed by atoms with Crippen molar-refractivity contribution in [2.75, 3.05) is 0 Å². The van der Waals surface area contributed by atoms with Gasteiger partial charge in [0.2, 0.25) is 5.28 Å². The Hall–Kier alpha value is -1.08. The first kappa shape index (κ1) is 13.4. The first-order chi connectivity index (χ1) is 8.29. The van der Waals surface area contributed by atoms with Gasteiger partial charge in [0.15, 0.2) is 0 Å². The highest BCUT2D eigenvalue weighted by atomic mass is 79.9. The van der Waals surface area contributed by atoms with Crippen LogP contribution in [0.2, 0.25) is 5.28 Å². The number of aryl methyl sites for hydroxylation is 1. The van der Waals surface area contributed by atoms with Crippen LogP contribution in [0.5, 0.6) is 0 Å². The number of nitrogens with zero attached hydrogens (tertiary/aromatic N) is 3. The molecule has 1 aromatic heterocycles. The molecule has 0 saturated heterocycles. The van der Waals surface area contributed by atoms with Gasteiger partial charge < -0.3 is 0 Å². The first-order valence-electron chi connectivity index (χ1n) is 4.74. The molecule has 0 unspecified atom stereocenters. The lowest BCUT2D eigenvalue weighted by Crippen LogP contribution is -2.07. The minimum Gasteiger partial charge on any atom is -0.270 e. The minimum absolute atomic E-state index is 0.0127. The zero-order chi connectivity index (χ0) is 13.5. The number of benzene rings is 1. The fraction of sp³-hybridized carbons (Fsp3) is 0.200. The lowest BCUT2D eigenvalue weighted by Gasteiger charge is -2.11. The zero-order valence-corrected chi connectivity index (χ0v) is 11.3. The predicted molar refractivity (Wildman–Crippen MR) is 63.8 cm³/mol. The third-order valence-corrected chi connectivity index (χ3v) is 2.96. The Morgan fingerprint density at radius 2 is 1.89 bits per heavy atom. The Balaban J connectivity index is 2.63. The Labute approximate surface area is 114 Å². The molecule has 0 aliphatic rings. The maximum absolute atomic E-state index is 12.7. The number of aromatic nitrogens is 3. The van der Waals surface area contributed by atoms with Gasteiger partial charge >= 0.3 is 6.18 Å². The molecule has 0 aliphatic heterocycles. The van der Waals surface area contributed by atoms with Gasteiger partial charge in [-0.15, -0.1) is 10.2 Å². The highest BCUT2D eigenvalue weighted by Gasteiger charge is 2.31. The van der Waals surface area contributed by atoms with Crippen molar-refractivity contribution in [2.45, 2.75) is 13.1 Å². The molecule has 0 spiro atoms. The van der Waals surface area contributed by atoms with Crippen LogP contribution in [0.15, 0.2) is 22.7 Å². The van der Waals surface area contributed by atoms with Crippen LogP contribution >= 0.6 is 27.5 Å². The third-order valence-electron chi connectivity index (χ3n) is 2.25. The van der Waals surface area contributed by atoms with Crippen molar-refractivity contribution in [3.05, 3.63) is 39.3 Å². The van der Waals surface area contributed by atoms with Crippen LogP contribution in [-0.2, 0) is 6.18 Å². The second-order valence-corrected chi connectivity index (χ2v) is 4.80. The third kappa shape index (κ3) is 2.51. The fourth-order valence-corrected chi connectivity index (χ4v) is 2.24. The normalized spacial score (nSPS) is 11.9. The number of halogens is 5. The Bertz CT molecular complexity index is 575. The molecule has 0 atom stereocenters. The molecule has 0 bridgehead atoms. The summed E-state index contributed by atoms with van der Waals surface area (Å²) < 4.78 is 39.7. The van der Waals surface area contributed by atoms with E-state index in [1.165, 1.54) is 10.6 Å². The molecule has 96 valence electrons. The van der Waals surface area contributed by atoms with Crippen molar-refractivity contribution in [1.29, 1.82) is 0 Å². The summed E-state index contributed by atoms with van der Waals surface area (Å²) in [6.07, 6.45) is -4.42. The lowest BCUT2D eigenvalue weighted by atomic mass is 10.2. The topological polar surface area (TPSA) is 30.7 Å². The Morgan fingerprint density at radius 3 is 2.39 bits per heavy atom. The molecule has 0 fully saturated rings. The van der Waals surface area contributed by atoms with Gasteiger partial charge in [0.25, 0.3) is 0 Å². The van der Waals surface area contributed by atoms with E-state index in [-0.39, 0.29) is 11.0 Å². The molecule has 1 heterocycles. The molecular formula is C10H6BrClF3N3. The smallest absolute Gasteiger partial charge is 0.270 e. The molecule has 2 aromatic rings.